The highest BCUT2D eigenvalue weighted by atomic mass is 16.7. The Morgan fingerprint density at radius 2 is 1.28 bits per heavy atom. The molecule has 0 N–H and O–H groups in total. The highest BCUT2D eigenvalue weighted by Crippen LogP contribution is 2.47. The molecule has 0 aromatic heterocycles. The van der Waals surface area contributed by atoms with Gasteiger partial charge in [-0.3, -0.25) is 14.4 Å². The van der Waals surface area contributed by atoms with Gasteiger partial charge in [0.1, 0.15) is 5.92 Å². The van der Waals surface area contributed by atoms with E-state index in [4.69, 9.17) is 4.84 Å². The van der Waals surface area contributed by atoms with Crippen LogP contribution in [0.4, 0.5) is 11.4 Å². The molecular formula is C27H26N2O3. The van der Waals surface area contributed by atoms with Gasteiger partial charge >= 0.3 is 0 Å². The molecule has 3 atom stereocenters. The number of amides is 2. The third-order valence-corrected chi connectivity index (χ3v) is 6.26. The quantitative estimate of drug-likeness (QED) is 0.551. The fourth-order valence-electron chi connectivity index (χ4n) is 4.56. The van der Waals surface area contributed by atoms with Crippen LogP contribution in [0.25, 0.3) is 0 Å². The van der Waals surface area contributed by atoms with Gasteiger partial charge in [-0.15, -0.1) is 0 Å². The number of carbonyl (C=O) groups excluding carboxylic acids is 2. The number of hydroxylamine groups is 1. The number of rotatable bonds is 3. The Kier molecular flexibility index (Phi) is 4.86. The van der Waals surface area contributed by atoms with Crippen molar-refractivity contribution >= 4 is 23.2 Å². The Hall–Kier alpha value is -3.44. The maximum atomic E-state index is 13.6. The van der Waals surface area contributed by atoms with Crippen LogP contribution in [0.3, 0.4) is 0 Å². The van der Waals surface area contributed by atoms with Crippen molar-refractivity contribution in [3.63, 3.8) is 0 Å². The minimum Gasteiger partial charge on any atom is -0.273 e. The molecule has 5 rings (SSSR count). The number of carbonyl (C=O) groups is 2. The molecule has 2 fully saturated rings. The zero-order chi connectivity index (χ0) is 22.5. The molecule has 0 radical (unpaired) electrons. The summed E-state index contributed by atoms with van der Waals surface area (Å²) in [5.74, 6) is -1.17. The molecule has 5 nitrogen and oxygen atoms in total. The standard InChI is InChI=1S/C27H26N2O3/c1-27(2,3)19-16-14-18(15-17-19)23-22-24(32-29(23)21-12-8-5-9-13-21)26(31)28(25(22)30)20-10-6-4-7-11-20/h4-17,22-24H,1-3H3/t22-,23-,24+/m1/s1. The van der Waals surface area contributed by atoms with Crippen molar-refractivity contribution in [2.75, 3.05) is 9.96 Å². The number of nitrogens with zero attached hydrogens (tertiary/aromatic N) is 2. The fourth-order valence-corrected chi connectivity index (χ4v) is 4.56. The second-order valence-corrected chi connectivity index (χ2v) is 9.38. The van der Waals surface area contributed by atoms with Crippen molar-refractivity contribution in [1.29, 1.82) is 0 Å². The number of fused-ring (bicyclic) bond motifs is 1. The van der Waals surface area contributed by atoms with Crippen molar-refractivity contribution in [1.82, 2.24) is 0 Å². The predicted molar refractivity (Wildman–Crippen MR) is 124 cm³/mol. The average Bonchev–Trinajstić information content (AvgIpc) is 3.30. The van der Waals surface area contributed by atoms with E-state index in [1.807, 2.05) is 48.5 Å². The van der Waals surface area contributed by atoms with Crippen LogP contribution in [0.1, 0.15) is 37.9 Å². The Labute approximate surface area is 188 Å². The number of hydrogen-bond donors (Lipinski definition) is 0. The van der Waals surface area contributed by atoms with Crippen LogP contribution in [0, 0.1) is 5.92 Å². The van der Waals surface area contributed by atoms with E-state index < -0.39 is 18.1 Å². The minimum atomic E-state index is -0.852. The molecule has 0 spiro atoms. The highest BCUT2D eigenvalue weighted by Gasteiger charge is 2.60. The van der Waals surface area contributed by atoms with Gasteiger partial charge in [0.25, 0.3) is 5.91 Å². The van der Waals surface area contributed by atoms with Crippen molar-refractivity contribution in [3.8, 4) is 0 Å². The van der Waals surface area contributed by atoms with Crippen molar-refractivity contribution < 1.29 is 14.4 Å². The summed E-state index contributed by atoms with van der Waals surface area (Å²) in [7, 11) is 0. The predicted octanol–water partition coefficient (Wildman–Crippen LogP) is 5.04. The number of para-hydroxylation sites is 2. The molecular weight excluding hydrogens is 400 g/mol. The molecule has 3 aromatic carbocycles. The molecule has 3 aromatic rings. The monoisotopic (exact) mass is 426 g/mol. The van der Waals surface area contributed by atoms with Gasteiger partial charge in [-0.25, -0.2) is 9.96 Å². The van der Waals surface area contributed by atoms with Gasteiger partial charge in [0.2, 0.25) is 5.91 Å². The molecule has 2 heterocycles. The average molecular weight is 427 g/mol. The van der Waals surface area contributed by atoms with E-state index >= 15 is 0 Å². The van der Waals surface area contributed by atoms with E-state index in [2.05, 4.69) is 45.0 Å². The van der Waals surface area contributed by atoms with Crippen LogP contribution >= 0.6 is 0 Å². The zero-order valence-corrected chi connectivity index (χ0v) is 18.4. The summed E-state index contributed by atoms with van der Waals surface area (Å²) in [6.07, 6.45) is -0.852. The van der Waals surface area contributed by atoms with Gasteiger partial charge < -0.3 is 0 Å². The number of imide groups is 1. The van der Waals surface area contributed by atoms with Crippen LogP contribution in [-0.4, -0.2) is 17.9 Å². The van der Waals surface area contributed by atoms with E-state index in [0.29, 0.717) is 5.69 Å². The minimum absolute atomic E-state index is 0.0234. The lowest BCUT2D eigenvalue weighted by Crippen LogP contribution is -2.37. The number of benzene rings is 3. The Morgan fingerprint density at radius 1 is 0.719 bits per heavy atom. The Morgan fingerprint density at radius 3 is 1.84 bits per heavy atom. The smallest absolute Gasteiger partial charge is 0.266 e. The van der Waals surface area contributed by atoms with Crippen LogP contribution < -0.4 is 9.96 Å². The lowest BCUT2D eigenvalue weighted by Gasteiger charge is -2.29. The van der Waals surface area contributed by atoms with Crippen LogP contribution in [0.15, 0.2) is 84.9 Å². The summed E-state index contributed by atoms with van der Waals surface area (Å²) < 4.78 is 0. The summed E-state index contributed by atoms with van der Waals surface area (Å²) in [5.41, 5.74) is 3.58. The molecule has 0 bridgehead atoms. The molecule has 0 saturated carbocycles. The zero-order valence-electron chi connectivity index (χ0n) is 18.4. The lowest BCUT2D eigenvalue weighted by atomic mass is 9.84. The van der Waals surface area contributed by atoms with E-state index in [1.165, 1.54) is 10.5 Å². The number of hydrogen-bond acceptors (Lipinski definition) is 4. The molecule has 2 amide bonds. The molecule has 2 aliphatic rings. The maximum Gasteiger partial charge on any atom is 0.266 e. The third-order valence-electron chi connectivity index (χ3n) is 6.26. The molecule has 162 valence electrons. The third kappa shape index (κ3) is 3.30. The van der Waals surface area contributed by atoms with E-state index in [0.717, 1.165) is 11.3 Å². The van der Waals surface area contributed by atoms with Gasteiger partial charge in [0.05, 0.1) is 17.4 Å². The topological polar surface area (TPSA) is 49.9 Å². The SMILES string of the molecule is CC(C)(C)c1ccc([C@@H]2[C@H]3C(=O)N(c4ccccc4)C(=O)[C@H]3ON2c2ccccc2)cc1. The van der Waals surface area contributed by atoms with Crippen LogP contribution in [0.2, 0.25) is 0 Å². The highest BCUT2D eigenvalue weighted by molar-refractivity contribution is 6.23. The van der Waals surface area contributed by atoms with Gasteiger partial charge in [-0.05, 0) is 40.8 Å². The first-order valence-electron chi connectivity index (χ1n) is 10.9. The van der Waals surface area contributed by atoms with Gasteiger partial charge in [-0.2, -0.15) is 0 Å². The summed E-state index contributed by atoms with van der Waals surface area (Å²) >= 11 is 0. The summed E-state index contributed by atoms with van der Waals surface area (Å²) in [6, 6.07) is 26.6. The first-order chi connectivity index (χ1) is 15.4. The van der Waals surface area contributed by atoms with Gasteiger partial charge in [0.15, 0.2) is 6.10 Å². The Bertz CT molecular complexity index is 1140. The number of anilines is 2. The second kappa shape index (κ2) is 7.61. The molecule has 5 heteroatoms. The first-order valence-corrected chi connectivity index (χ1v) is 10.9. The summed E-state index contributed by atoms with van der Waals surface area (Å²) in [4.78, 5) is 34.3. The van der Waals surface area contributed by atoms with Crippen molar-refractivity contribution in [2.45, 2.75) is 38.3 Å². The Balaban J connectivity index is 1.57. The fraction of sp³-hybridized carbons (Fsp3) is 0.259. The van der Waals surface area contributed by atoms with E-state index in [-0.39, 0.29) is 17.2 Å². The van der Waals surface area contributed by atoms with Crippen molar-refractivity contribution in [2.24, 2.45) is 5.92 Å². The maximum absolute atomic E-state index is 13.6. The van der Waals surface area contributed by atoms with E-state index in [9.17, 15) is 9.59 Å². The molecule has 2 aliphatic heterocycles. The summed E-state index contributed by atoms with van der Waals surface area (Å²) in [5, 5.41) is 1.74. The first kappa shape index (κ1) is 20.5. The largest absolute Gasteiger partial charge is 0.273 e. The van der Waals surface area contributed by atoms with Crippen LogP contribution in [0.5, 0.6) is 0 Å². The van der Waals surface area contributed by atoms with Gasteiger partial charge in [-0.1, -0.05) is 81.4 Å². The molecule has 0 aliphatic carbocycles. The van der Waals surface area contributed by atoms with Crippen LogP contribution in [-0.2, 0) is 19.8 Å². The van der Waals surface area contributed by atoms with Crippen molar-refractivity contribution in [3.05, 3.63) is 96.1 Å². The second-order valence-electron chi connectivity index (χ2n) is 9.38. The van der Waals surface area contributed by atoms with Gasteiger partial charge in [0, 0.05) is 0 Å². The molecule has 32 heavy (non-hydrogen) atoms. The van der Waals surface area contributed by atoms with E-state index in [1.54, 1.807) is 17.2 Å². The summed E-state index contributed by atoms with van der Waals surface area (Å²) in [6.45, 7) is 6.51. The normalized spacial score (nSPS) is 23.0. The molecule has 0 unspecified atom stereocenters. The molecule has 2 saturated heterocycles. The lowest BCUT2D eigenvalue weighted by molar-refractivity contribution is -0.126.